The molecule has 1 aliphatic rings. The Balaban J connectivity index is -0.000000149. The van der Waals surface area contributed by atoms with Crippen molar-refractivity contribution < 1.29 is 26.5 Å². The van der Waals surface area contributed by atoms with Crippen molar-refractivity contribution in [3.8, 4) is 0 Å². The second kappa shape index (κ2) is 26.2. The molecule has 107 valence electrons. The number of halogens is 1. The predicted octanol–water partition coefficient (Wildman–Crippen LogP) is 0.128. The van der Waals surface area contributed by atoms with Crippen LogP contribution >= 0.6 is 12.4 Å². The van der Waals surface area contributed by atoms with Gasteiger partial charge in [-0.15, -0.1) is 25.5 Å². The summed E-state index contributed by atoms with van der Waals surface area (Å²) in [5.74, 6) is 0. The molecule has 1 aliphatic heterocycles. The summed E-state index contributed by atoms with van der Waals surface area (Å²) in [4.78, 5) is 8.68. The van der Waals surface area contributed by atoms with Crippen LogP contribution in [0.15, 0.2) is 0 Å². The van der Waals surface area contributed by atoms with Gasteiger partial charge < -0.3 is 33.5 Å². The maximum absolute atomic E-state index is 8.68. The van der Waals surface area contributed by atoms with Crippen molar-refractivity contribution in [2.24, 2.45) is 0 Å². The van der Waals surface area contributed by atoms with E-state index in [2.05, 4.69) is 21.3 Å². The normalized spacial score (nSPS) is 16.7. The molecule has 0 spiro atoms. The summed E-state index contributed by atoms with van der Waals surface area (Å²) in [5.41, 5.74) is 0. The molecule has 1 heterocycles. The van der Waals surface area contributed by atoms with Gasteiger partial charge in [-0.05, 0) is 13.1 Å². The molecule has 0 saturated carbocycles. The van der Waals surface area contributed by atoms with Crippen LogP contribution < -0.4 is 16.0 Å². The van der Waals surface area contributed by atoms with E-state index in [-0.39, 0.29) is 41.6 Å². The second-order valence-electron chi connectivity index (χ2n) is 3.12. The average molecular weight is 314 g/mol. The quantitative estimate of drug-likeness (QED) is 0.439. The molecule has 18 heavy (non-hydrogen) atoms. The molecule has 5 nitrogen and oxygen atoms in total. The van der Waals surface area contributed by atoms with Crippen molar-refractivity contribution in [1.82, 2.24) is 16.0 Å². The molecule has 3 N–H and O–H groups in total. The Morgan fingerprint density at radius 2 is 1.17 bits per heavy atom. The summed E-state index contributed by atoms with van der Waals surface area (Å²) in [5, 5.41) is 14.4. The molecular weight excluding hydrogens is 287 g/mol. The molecular formula is C11H26ClN4OTi. The van der Waals surface area contributed by atoms with E-state index in [9.17, 15) is 0 Å². The van der Waals surface area contributed by atoms with Crippen LogP contribution in [0.4, 0.5) is 0 Å². The van der Waals surface area contributed by atoms with Gasteiger partial charge >= 0.3 is 21.7 Å². The Morgan fingerprint density at radius 1 is 0.889 bits per heavy atom. The van der Waals surface area contributed by atoms with Crippen molar-refractivity contribution in [2.45, 2.75) is 6.92 Å². The Bertz CT molecular complexity index is 101. The molecule has 0 atom stereocenters. The van der Waals surface area contributed by atoms with Gasteiger partial charge in [-0.3, -0.25) is 6.29 Å². The van der Waals surface area contributed by atoms with Crippen molar-refractivity contribution in [1.29, 1.82) is 0 Å². The molecule has 0 aromatic carbocycles. The number of hydrogen-bond donors (Lipinski definition) is 3. The summed E-state index contributed by atoms with van der Waals surface area (Å²) < 4.78 is 0. The van der Waals surface area contributed by atoms with Gasteiger partial charge in [0.2, 0.25) is 0 Å². The van der Waals surface area contributed by atoms with E-state index in [1.807, 2.05) is 0 Å². The Morgan fingerprint density at radius 3 is 1.50 bits per heavy atom. The minimum Gasteiger partial charge on any atom is -0.660 e. The number of hydrogen-bond acceptors (Lipinski definition) is 4. The van der Waals surface area contributed by atoms with Gasteiger partial charge in [-0.2, -0.15) is 6.92 Å². The third kappa shape index (κ3) is 25.4. The maximum atomic E-state index is 8.68. The van der Waals surface area contributed by atoms with Gasteiger partial charge in [-0.25, -0.2) is 0 Å². The zero-order valence-electron chi connectivity index (χ0n) is 11.4. The zero-order chi connectivity index (χ0) is 11.2. The first kappa shape index (κ1) is 27.0. The summed E-state index contributed by atoms with van der Waals surface area (Å²) in [7, 11) is 0. The molecule has 0 aromatic rings. The van der Waals surface area contributed by atoms with E-state index in [1.165, 1.54) is 13.2 Å². The van der Waals surface area contributed by atoms with Crippen molar-refractivity contribution in [3.05, 3.63) is 12.7 Å². The summed E-state index contributed by atoms with van der Waals surface area (Å²) in [6.07, 6.45) is 1.50. The van der Waals surface area contributed by atoms with E-state index >= 15 is 0 Å². The smallest absolute Gasteiger partial charge is 0.660 e. The Hall–Kier alpha value is 0.514. The van der Waals surface area contributed by atoms with Crippen LogP contribution in [0.1, 0.15) is 6.92 Å². The minimum absolute atomic E-state index is 0. The first-order valence-corrected chi connectivity index (χ1v) is 5.46. The van der Waals surface area contributed by atoms with Crippen LogP contribution in [0.2, 0.25) is 0 Å². The number of rotatable bonds is 0. The van der Waals surface area contributed by atoms with Crippen LogP contribution in [0.25, 0.3) is 5.32 Å². The van der Waals surface area contributed by atoms with Crippen LogP contribution in [0.3, 0.4) is 0 Å². The largest absolute Gasteiger partial charge is 3.00 e. The van der Waals surface area contributed by atoms with Gasteiger partial charge in [0.05, 0.1) is 0 Å². The fourth-order valence-electron chi connectivity index (χ4n) is 1.16. The van der Waals surface area contributed by atoms with E-state index in [4.69, 9.17) is 4.79 Å². The number of nitrogens with zero attached hydrogens (tertiary/aromatic N) is 1. The van der Waals surface area contributed by atoms with Crippen LogP contribution in [0.5, 0.6) is 0 Å². The Labute approximate surface area is 133 Å². The van der Waals surface area contributed by atoms with Gasteiger partial charge in [0.15, 0.2) is 0 Å². The van der Waals surface area contributed by atoms with Gasteiger partial charge in [0, 0.05) is 26.2 Å². The summed E-state index contributed by atoms with van der Waals surface area (Å²) in [6.45, 7) is 9.46. The average Bonchev–Trinajstić information content (AvgIpc) is 2.19. The fraction of sp³-hybridized carbons (Fsp3) is 0.818. The molecule has 0 amide bonds. The third-order valence-electron chi connectivity index (χ3n) is 1.85. The summed E-state index contributed by atoms with van der Waals surface area (Å²) >= 11 is 0. The molecule has 0 bridgehead atoms. The van der Waals surface area contributed by atoms with Crippen molar-refractivity contribution in [2.75, 3.05) is 52.4 Å². The zero-order valence-corrected chi connectivity index (χ0v) is 13.8. The number of carbonyl (C=O) groups excluding carboxylic acids is 1. The van der Waals surface area contributed by atoms with Gasteiger partial charge in [0.25, 0.3) is 0 Å². The fourth-order valence-corrected chi connectivity index (χ4v) is 1.16. The maximum Gasteiger partial charge on any atom is 3.00 e. The Kier molecular flexibility index (Phi) is 39.2. The van der Waals surface area contributed by atoms with Crippen molar-refractivity contribution >= 4 is 18.7 Å². The van der Waals surface area contributed by atoms with Gasteiger partial charge in [-0.1, -0.05) is 0 Å². The first-order valence-electron chi connectivity index (χ1n) is 5.46. The molecule has 0 aliphatic carbocycles. The first-order chi connectivity index (χ1) is 7.41. The SMILES string of the molecule is C1CNCCNCCNCC[N-]1.C[C-]=O.Cl.[CH3-].[Ti+3]. The van der Waals surface area contributed by atoms with Crippen LogP contribution in [0, 0.1) is 7.43 Å². The minimum atomic E-state index is 0. The molecule has 1 fully saturated rings. The topological polar surface area (TPSA) is 67.3 Å². The predicted molar refractivity (Wildman–Crippen MR) is 76.7 cm³/mol. The second-order valence-corrected chi connectivity index (χ2v) is 3.12. The number of nitrogens with one attached hydrogen (secondary N) is 3. The third-order valence-corrected chi connectivity index (χ3v) is 1.85. The molecule has 0 unspecified atom stereocenters. The van der Waals surface area contributed by atoms with E-state index < -0.39 is 0 Å². The van der Waals surface area contributed by atoms with Crippen molar-refractivity contribution in [3.63, 3.8) is 0 Å². The summed E-state index contributed by atoms with van der Waals surface area (Å²) in [6, 6.07) is 0. The van der Waals surface area contributed by atoms with E-state index in [0.29, 0.717) is 0 Å². The monoisotopic (exact) mass is 313 g/mol. The molecule has 0 aromatic heterocycles. The molecule has 7 heteroatoms. The molecule has 1 radical (unpaired) electrons. The molecule has 1 saturated heterocycles. The van der Waals surface area contributed by atoms with E-state index in [1.54, 1.807) is 0 Å². The standard InChI is InChI=1S/C8H19N4.C2H3O.CH3.ClH.Ti/c1-2-10-5-6-12-8-7-11-4-3-9-1;1-2-3;;;/h9-11H,1-8H2;1H3;1H3;1H;/q3*-1;;+3. The van der Waals surface area contributed by atoms with Crippen LogP contribution in [-0.2, 0) is 26.5 Å². The van der Waals surface area contributed by atoms with Gasteiger partial charge in [0.1, 0.15) is 0 Å². The van der Waals surface area contributed by atoms with E-state index in [0.717, 1.165) is 52.4 Å². The van der Waals surface area contributed by atoms with Crippen LogP contribution in [-0.4, -0.2) is 58.6 Å². The molecule has 1 rings (SSSR count).